The van der Waals surface area contributed by atoms with E-state index in [1.165, 1.54) is 5.82 Å². The molecule has 4 heteroatoms. The average molecular weight is 213 g/mol. The number of nitrogens with zero attached hydrogens (tertiary/aromatic N) is 3. The van der Waals surface area contributed by atoms with Crippen LogP contribution in [0, 0.1) is 0 Å². The predicted molar refractivity (Wildman–Crippen MR) is 62.7 cm³/mol. The van der Waals surface area contributed by atoms with E-state index in [1.54, 1.807) is 0 Å². The van der Waals surface area contributed by atoms with Gasteiger partial charge in [0, 0.05) is 31.5 Å². The molecule has 0 amide bonds. The maximum atomic E-state index is 4.31. The summed E-state index contributed by atoms with van der Waals surface area (Å²) in [4.78, 5) is 6.76. The van der Waals surface area contributed by atoms with Crippen LogP contribution in [0.3, 0.4) is 0 Å². The van der Waals surface area contributed by atoms with Crippen LogP contribution in [0.1, 0.15) is 33.5 Å². The number of hydrogen-bond donors (Lipinski definition) is 0. The van der Waals surface area contributed by atoms with Gasteiger partial charge in [-0.15, -0.1) is 0 Å². The highest BCUT2D eigenvalue weighted by Crippen LogP contribution is 2.12. The number of hydrogen-bond acceptors (Lipinski definition) is 2. The second-order valence-electron chi connectivity index (χ2n) is 3.60. The molecule has 0 unspecified atom stereocenters. The molecule has 0 atom stereocenters. The molecule has 2 N–H and O–H groups in total. The van der Waals surface area contributed by atoms with E-state index in [9.17, 15) is 0 Å². The Morgan fingerprint density at radius 3 is 2.53 bits per heavy atom. The fourth-order valence-electron chi connectivity index (χ4n) is 1.63. The summed E-state index contributed by atoms with van der Waals surface area (Å²) in [7, 11) is 0. The van der Waals surface area contributed by atoms with Gasteiger partial charge in [0.15, 0.2) is 0 Å². The van der Waals surface area contributed by atoms with Crippen molar-refractivity contribution in [3.63, 3.8) is 0 Å². The zero-order chi connectivity index (χ0) is 10.6. The molecule has 0 bridgehead atoms. The van der Waals surface area contributed by atoms with Crippen LogP contribution in [-0.2, 0) is 13.1 Å². The minimum atomic E-state index is 0. The van der Waals surface area contributed by atoms with Gasteiger partial charge in [0.05, 0.1) is 6.54 Å². The van der Waals surface area contributed by atoms with Gasteiger partial charge in [0.2, 0.25) is 0 Å². The lowest BCUT2D eigenvalue weighted by atomic mass is 10.2. The van der Waals surface area contributed by atoms with Crippen molar-refractivity contribution >= 4 is 0 Å². The normalized spacial score (nSPS) is 15.0. The van der Waals surface area contributed by atoms with Crippen molar-refractivity contribution in [2.24, 2.45) is 0 Å². The van der Waals surface area contributed by atoms with Gasteiger partial charge in [-0.05, 0) is 13.8 Å². The van der Waals surface area contributed by atoms with E-state index >= 15 is 0 Å². The first kappa shape index (κ1) is 14.1. The fraction of sp³-hybridized carbons (Fsp3) is 0.727. The van der Waals surface area contributed by atoms with Crippen LogP contribution >= 0.6 is 0 Å². The zero-order valence-corrected chi connectivity index (χ0v) is 10.2. The van der Waals surface area contributed by atoms with Crippen LogP contribution < -0.4 is 0 Å². The Hall–Kier alpha value is -0.870. The van der Waals surface area contributed by atoms with E-state index in [-0.39, 0.29) is 5.48 Å². The van der Waals surface area contributed by atoms with Gasteiger partial charge in [0.25, 0.3) is 0 Å². The number of rotatable bonds is 1. The Balaban J connectivity index is 0.000000617. The lowest BCUT2D eigenvalue weighted by molar-refractivity contribution is 0.173. The van der Waals surface area contributed by atoms with Gasteiger partial charge in [-0.3, -0.25) is 4.90 Å². The quantitative estimate of drug-likeness (QED) is 0.706. The maximum Gasteiger partial charge on any atom is 0.122 e. The third-order valence-corrected chi connectivity index (χ3v) is 2.50. The Morgan fingerprint density at radius 1 is 1.27 bits per heavy atom. The van der Waals surface area contributed by atoms with Crippen LogP contribution in [0.4, 0.5) is 0 Å². The van der Waals surface area contributed by atoms with Gasteiger partial charge in [-0.2, -0.15) is 0 Å². The summed E-state index contributed by atoms with van der Waals surface area (Å²) >= 11 is 0. The minimum Gasteiger partial charge on any atom is -0.412 e. The van der Waals surface area contributed by atoms with Crippen LogP contribution in [0.5, 0.6) is 0 Å². The Kier molecular flexibility index (Phi) is 6.20. The summed E-state index contributed by atoms with van der Waals surface area (Å²) in [5, 5.41) is 0. The molecule has 0 aromatic carbocycles. The second-order valence-corrected chi connectivity index (χ2v) is 3.60. The summed E-state index contributed by atoms with van der Waals surface area (Å²) in [5.41, 5.74) is 0. The van der Waals surface area contributed by atoms with E-state index in [2.05, 4.69) is 34.5 Å². The molecule has 1 aromatic heterocycles. The molecule has 0 saturated heterocycles. The standard InChI is InChI=1S/C9H15N3.C2H6.H2O/c1-8(2)12-6-5-11-4-3-10-9(11)7-12;1-2;/h3-4,8H,5-7H2,1-2H3;1-2H3;1H2. The molecule has 0 aliphatic carbocycles. The highest BCUT2D eigenvalue weighted by atomic mass is 16.0. The van der Waals surface area contributed by atoms with Gasteiger partial charge in [0.1, 0.15) is 5.82 Å². The topological polar surface area (TPSA) is 52.6 Å². The highest BCUT2D eigenvalue weighted by Gasteiger charge is 2.17. The summed E-state index contributed by atoms with van der Waals surface area (Å²) in [6.07, 6.45) is 3.95. The van der Waals surface area contributed by atoms with E-state index in [0.29, 0.717) is 6.04 Å². The van der Waals surface area contributed by atoms with E-state index in [0.717, 1.165) is 19.6 Å². The smallest absolute Gasteiger partial charge is 0.122 e. The summed E-state index contributed by atoms with van der Waals surface area (Å²) in [6, 6.07) is 0.635. The number of fused-ring (bicyclic) bond motifs is 1. The molecule has 2 heterocycles. The highest BCUT2D eigenvalue weighted by molar-refractivity contribution is 4.95. The molecule has 0 radical (unpaired) electrons. The lowest BCUT2D eigenvalue weighted by Crippen LogP contribution is -2.38. The summed E-state index contributed by atoms with van der Waals surface area (Å²) < 4.78 is 2.24. The second kappa shape index (κ2) is 6.58. The molecule has 2 rings (SSSR count). The van der Waals surface area contributed by atoms with Crippen LogP contribution in [-0.4, -0.2) is 32.5 Å². The summed E-state index contributed by atoms with van der Waals surface area (Å²) in [5.74, 6) is 1.20. The lowest BCUT2D eigenvalue weighted by Gasteiger charge is -2.30. The van der Waals surface area contributed by atoms with E-state index in [4.69, 9.17) is 0 Å². The van der Waals surface area contributed by atoms with Crippen molar-refractivity contribution in [3.05, 3.63) is 18.2 Å². The van der Waals surface area contributed by atoms with Crippen LogP contribution in [0.2, 0.25) is 0 Å². The van der Waals surface area contributed by atoms with Crippen molar-refractivity contribution in [2.45, 2.75) is 46.8 Å². The van der Waals surface area contributed by atoms with Crippen molar-refractivity contribution < 1.29 is 5.48 Å². The Morgan fingerprint density at radius 2 is 1.93 bits per heavy atom. The molecule has 0 spiro atoms. The van der Waals surface area contributed by atoms with Crippen molar-refractivity contribution in [2.75, 3.05) is 6.54 Å². The average Bonchev–Trinajstić information content (AvgIpc) is 2.67. The molecule has 4 nitrogen and oxygen atoms in total. The van der Waals surface area contributed by atoms with Gasteiger partial charge in [-0.1, -0.05) is 13.8 Å². The molecule has 88 valence electrons. The zero-order valence-electron chi connectivity index (χ0n) is 10.2. The fourth-order valence-corrected chi connectivity index (χ4v) is 1.63. The molecular formula is C11H23N3O. The Bertz CT molecular complexity index is 271. The van der Waals surface area contributed by atoms with Gasteiger partial charge >= 0.3 is 0 Å². The van der Waals surface area contributed by atoms with Crippen molar-refractivity contribution in [3.8, 4) is 0 Å². The molecule has 0 saturated carbocycles. The molecule has 1 aliphatic rings. The van der Waals surface area contributed by atoms with E-state index in [1.807, 2.05) is 20.0 Å². The minimum absolute atomic E-state index is 0. The van der Waals surface area contributed by atoms with Crippen molar-refractivity contribution in [1.82, 2.24) is 14.5 Å². The first-order chi connectivity index (χ1) is 6.77. The number of aromatic nitrogens is 2. The maximum absolute atomic E-state index is 4.31. The predicted octanol–water partition coefficient (Wildman–Crippen LogP) is 1.31. The SMILES string of the molecule is CC.CC(C)N1CCn2ccnc2C1.O. The van der Waals surface area contributed by atoms with E-state index < -0.39 is 0 Å². The summed E-state index contributed by atoms with van der Waals surface area (Å²) in [6.45, 7) is 11.7. The van der Waals surface area contributed by atoms with Crippen molar-refractivity contribution in [1.29, 1.82) is 0 Å². The third-order valence-electron chi connectivity index (χ3n) is 2.50. The third kappa shape index (κ3) is 3.32. The monoisotopic (exact) mass is 213 g/mol. The first-order valence-electron chi connectivity index (χ1n) is 5.51. The molecule has 0 fully saturated rings. The first-order valence-corrected chi connectivity index (χ1v) is 5.51. The Labute approximate surface area is 92.2 Å². The molecule has 15 heavy (non-hydrogen) atoms. The largest absolute Gasteiger partial charge is 0.412 e. The molecule has 1 aliphatic heterocycles. The molecule has 1 aromatic rings. The van der Waals surface area contributed by atoms with Crippen LogP contribution in [0.25, 0.3) is 0 Å². The van der Waals surface area contributed by atoms with Gasteiger partial charge in [-0.25, -0.2) is 4.98 Å². The van der Waals surface area contributed by atoms with Gasteiger partial charge < -0.3 is 10.0 Å². The van der Waals surface area contributed by atoms with Crippen LogP contribution in [0.15, 0.2) is 12.4 Å². The molecular weight excluding hydrogens is 190 g/mol. The number of imidazole rings is 1.